The summed E-state index contributed by atoms with van der Waals surface area (Å²) in [6, 6.07) is 4.90. The second-order valence-corrected chi connectivity index (χ2v) is 3.18. The predicted octanol–water partition coefficient (Wildman–Crippen LogP) is 2.20. The fourth-order valence-corrected chi connectivity index (χ4v) is 1.67. The molecule has 60 valence electrons. The molecule has 0 bridgehead atoms. The van der Waals surface area contributed by atoms with Gasteiger partial charge in [-0.1, -0.05) is 0 Å². The molecule has 0 aliphatic heterocycles. The molecule has 4 nitrogen and oxygen atoms in total. The Kier molecular flexibility index (Phi) is 1.51. The van der Waals surface area contributed by atoms with Crippen molar-refractivity contribution in [2.45, 2.75) is 0 Å². The highest BCUT2D eigenvalue weighted by Gasteiger charge is 2.08. The number of aromatic nitrogens is 1. The van der Waals surface area contributed by atoms with Crippen LogP contribution >= 0.6 is 11.3 Å². The molecule has 0 radical (unpaired) electrons. The van der Waals surface area contributed by atoms with E-state index in [0.29, 0.717) is 5.52 Å². The van der Waals surface area contributed by atoms with Crippen LogP contribution < -0.4 is 0 Å². The molecule has 0 atom stereocenters. The van der Waals surface area contributed by atoms with E-state index in [1.54, 1.807) is 12.1 Å². The van der Waals surface area contributed by atoms with E-state index >= 15 is 0 Å². The van der Waals surface area contributed by atoms with Crippen molar-refractivity contribution in [3.05, 3.63) is 33.7 Å². The van der Waals surface area contributed by atoms with Crippen molar-refractivity contribution in [2.24, 2.45) is 0 Å². The number of pyridine rings is 1. The highest BCUT2D eigenvalue weighted by molar-refractivity contribution is 7.17. The van der Waals surface area contributed by atoms with Gasteiger partial charge in [-0.15, -0.1) is 11.3 Å². The lowest BCUT2D eigenvalue weighted by molar-refractivity contribution is -0.389. The van der Waals surface area contributed by atoms with Crippen LogP contribution in [0.15, 0.2) is 23.6 Å². The van der Waals surface area contributed by atoms with Gasteiger partial charge in [0, 0.05) is 12.1 Å². The lowest BCUT2D eigenvalue weighted by Crippen LogP contribution is -1.90. The van der Waals surface area contributed by atoms with Crippen LogP contribution in [0.25, 0.3) is 10.2 Å². The third kappa shape index (κ3) is 1.04. The van der Waals surface area contributed by atoms with Crippen molar-refractivity contribution in [3.63, 3.8) is 0 Å². The normalized spacial score (nSPS) is 10.3. The molecule has 2 heterocycles. The van der Waals surface area contributed by atoms with Crippen LogP contribution in [0.3, 0.4) is 0 Å². The van der Waals surface area contributed by atoms with Crippen molar-refractivity contribution in [1.82, 2.24) is 4.98 Å². The van der Waals surface area contributed by atoms with Crippen LogP contribution in [-0.4, -0.2) is 9.91 Å². The van der Waals surface area contributed by atoms with E-state index in [0.717, 1.165) is 4.70 Å². The number of nitro groups is 1. The van der Waals surface area contributed by atoms with Crippen LogP contribution in [0.5, 0.6) is 0 Å². The summed E-state index contributed by atoms with van der Waals surface area (Å²) in [6.45, 7) is 0. The van der Waals surface area contributed by atoms with Gasteiger partial charge in [0.05, 0.1) is 4.70 Å². The summed E-state index contributed by atoms with van der Waals surface area (Å²) in [5.74, 6) is -0.0964. The quantitative estimate of drug-likeness (QED) is 0.499. The van der Waals surface area contributed by atoms with Crippen LogP contribution in [0, 0.1) is 10.1 Å². The van der Waals surface area contributed by atoms with Crippen LogP contribution in [0.4, 0.5) is 5.82 Å². The summed E-state index contributed by atoms with van der Waals surface area (Å²) in [5, 5.41) is 12.2. The summed E-state index contributed by atoms with van der Waals surface area (Å²) in [4.78, 5) is 13.7. The first-order valence-electron chi connectivity index (χ1n) is 3.26. The summed E-state index contributed by atoms with van der Waals surface area (Å²) in [5.41, 5.74) is 0.689. The number of hydrogen-bond donors (Lipinski definition) is 0. The van der Waals surface area contributed by atoms with Gasteiger partial charge in [-0.25, -0.2) is 0 Å². The summed E-state index contributed by atoms with van der Waals surface area (Å²) >= 11 is 1.52. The summed E-state index contributed by atoms with van der Waals surface area (Å²) in [7, 11) is 0. The lowest BCUT2D eigenvalue weighted by Gasteiger charge is -1.89. The Bertz CT molecular complexity index is 438. The standard InChI is InChI=1S/C7H4N2O2S/c10-9(11)7-2-1-6-5(8-7)3-4-12-6/h1-4H. The Labute approximate surface area is 71.6 Å². The van der Waals surface area contributed by atoms with E-state index in [-0.39, 0.29) is 5.82 Å². The van der Waals surface area contributed by atoms with Gasteiger partial charge in [0.2, 0.25) is 0 Å². The molecule has 0 unspecified atom stereocenters. The zero-order valence-electron chi connectivity index (χ0n) is 5.93. The molecule has 0 saturated heterocycles. The molecule has 0 fully saturated rings. The number of fused-ring (bicyclic) bond motifs is 1. The first kappa shape index (κ1) is 7.17. The fourth-order valence-electron chi connectivity index (χ4n) is 0.944. The third-order valence-corrected chi connectivity index (χ3v) is 2.35. The lowest BCUT2D eigenvalue weighted by atomic mass is 10.4. The van der Waals surface area contributed by atoms with E-state index in [4.69, 9.17) is 0 Å². The monoisotopic (exact) mass is 180 g/mol. The van der Waals surface area contributed by atoms with Crippen molar-refractivity contribution in [1.29, 1.82) is 0 Å². The molecule has 5 heteroatoms. The van der Waals surface area contributed by atoms with Gasteiger partial charge in [0.1, 0.15) is 0 Å². The highest BCUT2D eigenvalue weighted by Crippen LogP contribution is 2.21. The smallest absolute Gasteiger partial charge is 0.358 e. The van der Waals surface area contributed by atoms with Gasteiger partial charge in [0.25, 0.3) is 0 Å². The molecular formula is C7H4N2O2S. The van der Waals surface area contributed by atoms with Gasteiger partial charge in [-0.05, 0) is 21.4 Å². The Morgan fingerprint density at radius 2 is 2.25 bits per heavy atom. The number of hydrogen-bond acceptors (Lipinski definition) is 4. The molecule has 12 heavy (non-hydrogen) atoms. The molecule has 0 N–H and O–H groups in total. The van der Waals surface area contributed by atoms with Crippen molar-refractivity contribution >= 4 is 27.4 Å². The highest BCUT2D eigenvalue weighted by atomic mass is 32.1. The second-order valence-electron chi connectivity index (χ2n) is 2.23. The van der Waals surface area contributed by atoms with E-state index in [1.165, 1.54) is 17.4 Å². The first-order chi connectivity index (χ1) is 5.77. The minimum absolute atomic E-state index is 0.0964. The zero-order chi connectivity index (χ0) is 8.55. The maximum atomic E-state index is 10.3. The fraction of sp³-hybridized carbons (Fsp3) is 0. The van der Waals surface area contributed by atoms with Crippen LogP contribution in [-0.2, 0) is 0 Å². The third-order valence-electron chi connectivity index (χ3n) is 1.48. The van der Waals surface area contributed by atoms with Crippen molar-refractivity contribution < 1.29 is 4.92 Å². The molecule has 2 aromatic rings. The van der Waals surface area contributed by atoms with Gasteiger partial charge < -0.3 is 10.1 Å². The maximum Gasteiger partial charge on any atom is 0.364 e. The molecule has 2 aromatic heterocycles. The SMILES string of the molecule is O=[N+]([O-])c1ccc2sccc2n1. The largest absolute Gasteiger partial charge is 0.364 e. The number of thiophene rings is 1. The first-order valence-corrected chi connectivity index (χ1v) is 4.14. The number of nitrogens with zero attached hydrogens (tertiary/aromatic N) is 2. The predicted molar refractivity (Wildman–Crippen MR) is 46.3 cm³/mol. The minimum Gasteiger partial charge on any atom is -0.358 e. The Hall–Kier alpha value is -1.49. The van der Waals surface area contributed by atoms with Crippen molar-refractivity contribution in [3.8, 4) is 0 Å². The van der Waals surface area contributed by atoms with Crippen LogP contribution in [0.1, 0.15) is 0 Å². The topological polar surface area (TPSA) is 56.0 Å². The molecular weight excluding hydrogens is 176 g/mol. The molecule has 0 spiro atoms. The molecule has 0 aliphatic rings. The Morgan fingerprint density at radius 3 is 3.00 bits per heavy atom. The summed E-state index contributed by atoms with van der Waals surface area (Å²) in [6.07, 6.45) is 0. The molecule has 0 aliphatic carbocycles. The Balaban J connectivity index is 2.68. The van der Waals surface area contributed by atoms with Crippen LogP contribution in [0.2, 0.25) is 0 Å². The molecule has 0 aromatic carbocycles. The molecule has 0 saturated carbocycles. The second kappa shape index (κ2) is 2.53. The zero-order valence-corrected chi connectivity index (χ0v) is 6.75. The molecule has 0 amide bonds. The van der Waals surface area contributed by atoms with E-state index in [9.17, 15) is 10.1 Å². The van der Waals surface area contributed by atoms with E-state index in [2.05, 4.69) is 4.98 Å². The van der Waals surface area contributed by atoms with E-state index in [1.807, 2.05) is 5.38 Å². The Morgan fingerprint density at radius 1 is 1.42 bits per heavy atom. The van der Waals surface area contributed by atoms with Gasteiger partial charge in [-0.3, -0.25) is 0 Å². The van der Waals surface area contributed by atoms with E-state index < -0.39 is 4.92 Å². The minimum atomic E-state index is -0.489. The average molecular weight is 180 g/mol. The van der Waals surface area contributed by atoms with Gasteiger partial charge >= 0.3 is 5.82 Å². The van der Waals surface area contributed by atoms with Gasteiger partial charge in [-0.2, -0.15) is 0 Å². The molecule has 2 rings (SSSR count). The van der Waals surface area contributed by atoms with Gasteiger partial charge in [0.15, 0.2) is 5.52 Å². The van der Waals surface area contributed by atoms with Crippen molar-refractivity contribution in [2.75, 3.05) is 0 Å². The summed E-state index contributed by atoms with van der Waals surface area (Å²) < 4.78 is 0.973. The average Bonchev–Trinajstić information content (AvgIpc) is 2.49. The number of rotatable bonds is 1. The maximum absolute atomic E-state index is 10.3.